The molecule has 1 heterocycles. The van der Waals surface area contributed by atoms with E-state index < -0.39 is 0 Å². The summed E-state index contributed by atoms with van der Waals surface area (Å²) >= 11 is 0. The predicted molar refractivity (Wildman–Crippen MR) is 64.8 cm³/mol. The maximum Gasteiger partial charge on any atom is 0.115 e. The highest BCUT2D eigenvalue weighted by molar-refractivity contribution is 4.99. The number of aromatic nitrogens is 2. The van der Waals surface area contributed by atoms with Gasteiger partial charge in [-0.25, -0.2) is 9.97 Å². The van der Waals surface area contributed by atoms with Gasteiger partial charge < -0.3 is 5.32 Å². The SMILES string of the molecule is CC1CC(C)(C)CC1NCc1ccncn1. The number of rotatable bonds is 3. The van der Waals surface area contributed by atoms with Crippen LogP contribution in [0.3, 0.4) is 0 Å². The Kier molecular flexibility index (Phi) is 3.24. The lowest BCUT2D eigenvalue weighted by molar-refractivity contribution is 0.362. The van der Waals surface area contributed by atoms with Gasteiger partial charge in [-0.05, 0) is 30.2 Å². The molecule has 0 aromatic carbocycles. The van der Waals surface area contributed by atoms with Crippen LogP contribution in [-0.2, 0) is 6.54 Å². The first-order chi connectivity index (χ1) is 7.57. The molecule has 0 saturated heterocycles. The molecule has 1 aliphatic carbocycles. The lowest BCUT2D eigenvalue weighted by Crippen LogP contribution is -2.31. The van der Waals surface area contributed by atoms with Crippen molar-refractivity contribution in [2.24, 2.45) is 11.3 Å². The largest absolute Gasteiger partial charge is 0.308 e. The molecule has 16 heavy (non-hydrogen) atoms. The Balaban J connectivity index is 1.87. The van der Waals surface area contributed by atoms with Crippen LogP contribution in [0.15, 0.2) is 18.6 Å². The number of nitrogens with zero attached hydrogens (tertiary/aromatic N) is 2. The molecule has 0 amide bonds. The van der Waals surface area contributed by atoms with Crippen molar-refractivity contribution in [1.29, 1.82) is 0 Å². The third-order valence-electron chi connectivity index (χ3n) is 3.52. The summed E-state index contributed by atoms with van der Waals surface area (Å²) in [6, 6.07) is 2.60. The standard InChI is InChI=1S/C13H21N3/c1-10-6-13(2,3)7-12(10)15-8-11-4-5-14-9-16-11/h4-5,9-10,12,15H,6-8H2,1-3H3. The molecule has 3 nitrogen and oxygen atoms in total. The first kappa shape index (κ1) is 11.5. The molecular weight excluding hydrogens is 198 g/mol. The zero-order valence-corrected chi connectivity index (χ0v) is 10.4. The van der Waals surface area contributed by atoms with Gasteiger partial charge in [-0.1, -0.05) is 20.8 Å². The van der Waals surface area contributed by atoms with Crippen molar-refractivity contribution >= 4 is 0 Å². The molecule has 1 aromatic rings. The average Bonchev–Trinajstić information content (AvgIpc) is 2.50. The Morgan fingerprint density at radius 3 is 2.81 bits per heavy atom. The summed E-state index contributed by atoms with van der Waals surface area (Å²) in [7, 11) is 0. The molecule has 0 aliphatic heterocycles. The van der Waals surface area contributed by atoms with E-state index in [1.165, 1.54) is 12.8 Å². The number of hydrogen-bond donors (Lipinski definition) is 1. The molecule has 0 spiro atoms. The van der Waals surface area contributed by atoms with Crippen LogP contribution >= 0.6 is 0 Å². The van der Waals surface area contributed by atoms with E-state index in [4.69, 9.17) is 0 Å². The highest BCUT2D eigenvalue weighted by Gasteiger charge is 2.36. The Hall–Kier alpha value is -0.960. The smallest absolute Gasteiger partial charge is 0.115 e. The Labute approximate surface area is 97.7 Å². The fraction of sp³-hybridized carbons (Fsp3) is 0.692. The van der Waals surface area contributed by atoms with E-state index >= 15 is 0 Å². The fourth-order valence-corrected chi connectivity index (χ4v) is 2.83. The Bertz CT molecular complexity index is 334. The van der Waals surface area contributed by atoms with E-state index in [0.29, 0.717) is 11.5 Å². The van der Waals surface area contributed by atoms with Crippen LogP contribution in [0.5, 0.6) is 0 Å². The molecule has 0 radical (unpaired) electrons. The molecular formula is C13H21N3. The van der Waals surface area contributed by atoms with E-state index in [9.17, 15) is 0 Å². The van der Waals surface area contributed by atoms with Crippen molar-refractivity contribution < 1.29 is 0 Å². The molecule has 1 N–H and O–H groups in total. The van der Waals surface area contributed by atoms with Crippen LogP contribution in [0, 0.1) is 11.3 Å². The first-order valence-electron chi connectivity index (χ1n) is 6.05. The van der Waals surface area contributed by atoms with E-state index in [-0.39, 0.29) is 0 Å². The maximum absolute atomic E-state index is 4.23. The molecule has 2 rings (SSSR count). The molecule has 1 saturated carbocycles. The van der Waals surface area contributed by atoms with E-state index in [0.717, 1.165) is 18.2 Å². The lowest BCUT2D eigenvalue weighted by Gasteiger charge is -2.18. The van der Waals surface area contributed by atoms with Crippen LogP contribution in [0.1, 0.15) is 39.3 Å². The Morgan fingerprint density at radius 2 is 2.25 bits per heavy atom. The molecule has 3 heteroatoms. The first-order valence-corrected chi connectivity index (χ1v) is 6.05. The summed E-state index contributed by atoms with van der Waals surface area (Å²) in [6.45, 7) is 7.91. The van der Waals surface area contributed by atoms with Gasteiger partial charge >= 0.3 is 0 Å². The van der Waals surface area contributed by atoms with E-state index in [1.807, 2.05) is 6.07 Å². The van der Waals surface area contributed by atoms with Crippen molar-refractivity contribution in [3.63, 3.8) is 0 Å². The van der Waals surface area contributed by atoms with Gasteiger partial charge in [0.2, 0.25) is 0 Å². The zero-order valence-electron chi connectivity index (χ0n) is 10.4. The monoisotopic (exact) mass is 219 g/mol. The highest BCUT2D eigenvalue weighted by Crippen LogP contribution is 2.40. The van der Waals surface area contributed by atoms with Gasteiger partial charge in [-0.15, -0.1) is 0 Å². The highest BCUT2D eigenvalue weighted by atomic mass is 15.0. The zero-order chi connectivity index (χ0) is 11.6. The number of nitrogens with one attached hydrogen (secondary N) is 1. The van der Waals surface area contributed by atoms with Crippen molar-refractivity contribution in [3.8, 4) is 0 Å². The van der Waals surface area contributed by atoms with Crippen molar-refractivity contribution in [3.05, 3.63) is 24.3 Å². The van der Waals surface area contributed by atoms with Crippen LogP contribution in [-0.4, -0.2) is 16.0 Å². The quantitative estimate of drug-likeness (QED) is 0.848. The third-order valence-corrected chi connectivity index (χ3v) is 3.52. The van der Waals surface area contributed by atoms with Crippen molar-refractivity contribution in [2.75, 3.05) is 0 Å². The minimum atomic E-state index is 0.489. The summed E-state index contributed by atoms with van der Waals surface area (Å²) in [6.07, 6.45) is 5.98. The summed E-state index contributed by atoms with van der Waals surface area (Å²) in [4.78, 5) is 8.15. The lowest BCUT2D eigenvalue weighted by atomic mass is 9.91. The summed E-state index contributed by atoms with van der Waals surface area (Å²) in [5.41, 5.74) is 1.56. The van der Waals surface area contributed by atoms with Gasteiger partial charge in [-0.2, -0.15) is 0 Å². The second kappa shape index (κ2) is 4.50. The molecule has 1 aromatic heterocycles. The van der Waals surface area contributed by atoms with Gasteiger partial charge in [-0.3, -0.25) is 0 Å². The Morgan fingerprint density at radius 1 is 1.44 bits per heavy atom. The third kappa shape index (κ3) is 2.79. The van der Waals surface area contributed by atoms with E-state index in [1.54, 1.807) is 12.5 Å². The van der Waals surface area contributed by atoms with Crippen LogP contribution in [0.25, 0.3) is 0 Å². The maximum atomic E-state index is 4.23. The second-order valence-corrected chi connectivity index (χ2v) is 5.74. The van der Waals surface area contributed by atoms with Gasteiger partial charge in [0.25, 0.3) is 0 Å². The summed E-state index contributed by atoms with van der Waals surface area (Å²) in [5.74, 6) is 0.761. The minimum Gasteiger partial charge on any atom is -0.308 e. The molecule has 1 aliphatic rings. The van der Waals surface area contributed by atoms with Crippen LogP contribution in [0.2, 0.25) is 0 Å². The van der Waals surface area contributed by atoms with Crippen LogP contribution < -0.4 is 5.32 Å². The molecule has 88 valence electrons. The fourth-order valence-electron chi connectivity index (χ4n) is 2.83. The number of hydrogen-bond acceptors (Lipinski definition) is 3. The van der Waals surface area contributed by atoms with Gasteiger partial charge in [0.1, 0.15) is 6.33 Å². The average molecular weight is 219 g/mol. The summed E-state index contributed by atoms with van der Waals surface area (Å²) < 4.78 is 0. The predicted octanol–water partition coefficient (Wildman–Crippen LogP) is 2.39. The van der Waals surface area contributed by atoms with Crippen molar-refractivity contribution in [2.45, 2.75) is 46.2 Å². The molecule has 0 bridgehead atoms. The molecule has 2 unspecified atom stereocenters. The topological polar surface area (TPSA) is 37.8 Å². The van der Waals surface area contributed by atoms with Crippen LogP contribution in [0.4, 0.5) is 0 Å². The normalized spacial score (nSPS) is 28.2. The molecule has 2 atom stereocenters. The van der Waals surface area contributed by atoms with Gasteiger partial charge in [0.05, 0.1) is 5.69 Å². The van der Waals surface area contributed by atoms with Gasteiger partial charge in [0, 0.05) is 18.8 Å². The van der Waals surface area contributed by atoms with Crippen molar-refractivity contribution in [1.82, 2.24) is 15.3 Å². The summed E-state index contributed by atoms with van der Waals surface area (Å²) in [5, 5.41) is 3.61. The van der Waals surface area contributed by atoms with Gasteiger partial charge in [0.15, 0.2) is 0 Å². The second-order valence-electron chi connectivity index (χ2n) is 5.74. The minimum absolute atomic E-state index is 0.489. The van der Waals surface area contributed by atoms with E-state index in [2.05, 4.69) is 36.1 Å². The molecule has 1 fully saturated rings.